The first-order valence-electron chi connectivity index (χ1n) is 5.73. The fourth-order valence-corrected chi connectivity index (χ4v) is 1.50. The van der Waals surface area contributed by atoms with Gasteiger partial charge in [-0.15, -0.1) is 6.42 Å². The quantitative estimate of drug-likeness (QED) is 0.722. The monoisotopic (exact) mass is 261 g/mol. The molecule has 0 unspecified atom stereocenters. The number of terminal acetylenes is 1. The Balaban J connectivity index is 2.98. The number of aliphatic carboxylic acids is 1. The third-order valence-electron chi connectivity index (χ3n) is 2.29. The Kier molecular flexibility index (Phi) is 5.35. The molecule has 0 aliphatic carbocycles. The number of hydrogen-bond acceptors (Lipinski definition) is 4. The van der Waals surface area contributed by atoms with Crippen LogP contribution >= 0.6 is 0 Å². The van der Waals surface area contributed by atoms with E-state index in [1.165, 1.54) is 17.2 Å². The Morgan fingerprint density at radius 2 is 2.32 bits per heavy atom. The van der Waals surface area contributed by atoms with Gasteiger partial charge in [0.2, 0.25) is 0 Å². The van der Waals surface area contributed by atoms with Crippen LogP contribution in [0.3, 0.4) is 0 Å². The smallest absolute Gasteiger partial charge is 0.323 e. The Morgan fingerprint density at radius 3 is 2.89 bits per heavy atom. The molecule has 0 aromatic carbocycles. The first-order valence-corrected chi connectivity index (χ1v) is 5.73. The number of amides is 1. The fraction of sp³-hybridized carbons (Fsp3) is 0.308. The number of carbonyl (C=O) groups is 2. The third-order valence-corrected chi connectivity index (χ3v) is 2.29. The SMILES string of the molecule is C#CCN(CC(=O)O)c1ccnc(C(=O)NCC)c1. The van der Waals surface area contributed by atoms with Crippen LogP contribution in [0.25, 0.3) is 0 Å². The van der Waals surface area contributed by atoms with Crippen molar-refractivity contribution in [1.29, 1.82) is 0 Å². The van der Waals surface area contributed by atoms with Gasteiger partial charge in [-0.25, -0.2) is 0 Å². The van der Waals surface area contributed by atoms with Crippen LogP contribution in [0.2, 0.25) is 0 Å². The number of anilines is 1. The maximum Gasteiger partial charge on any atom is 0.323 e. The van der Waals surface area contributed by atoms with Gasteiger partial charge in [0.15, 0.2) is 0 Å². The molecule has 1 rings (SSSR count). The van der Waals surface area contributed by atoms with Crippen LogP contribution in [0.1, 0.15) is 17.4 Å². The van der Waals surface area contributed by atoms with E-state index in [0.717, 1.165) is 0 Å². The molecule has 0 fully saturated rings. The minimum absolute atomic E-state index is 0.144. The lowest BCUT2D eigenvalue weighted by atomic mass is 10.2. The van der Waals surface area contributed by atoms with Gasteiger partial charge in [-0.3, -0.25) is 14.6 Å². The van der Waals surface area contributed by atoms with Gasteiger partial charge in [0.25, 0.3) is 5.91 Å². The number of nitrogens with zero attached hydrogens (tertiary/aromatic N) is 2. The Labute approximate surface area is 111 Å². The van der Waals surface area contributed by atoms with Gasteiger partial charge in [0.1, 0.15) is 12.2 Å². The molecule has 0 radical (unpaired) electrons. The molecule has 2 N–H and O–H groups in total. The van der Waals surface area contributed by atoms with Crippen LogP contribution in [-0.4, -0.2) is 41.6 Å². The minimum Gasteiger partial charge on any atom is -0.480 e. The fourth-order valence-electron chi connectivity index (χ4n) is 1.50. The molecule has 6 nitrogen and oxygen atoms in total. The van der Waals surface area contributed by atoms with E-state index < -0.39 is 5.97 Å². The van der Waals surface area contributed by atoms with Crippen LogP contribution in [0, 0.1) is 12.3 Å². The number of aromatic nitrogens is 1. The zero-order valence-corrected chi connectivity index (χ0v) is 10.6. The zero-order valence-electron chi connectivity index (χ0n) is 10.6. The highest BCUT2D eigenvalue weighted by atomic mass is 16.4. The molecule has 0 spiro atoms. The van der Waals surface area contributed by atoms with Crippen LogP contribution in [-0.2, 0) is 4.79 Å². The first kappa shape index (κ1) is 14.5. The zero-order chi connectivity index (χ0) is 14.3. The molecule has 6 heteroatoms. The highest BCUT2D eigenvalue weighted by Gasteiger charge is 2.12. The lowest BCUT2D eigenvalue weighted by Gasteiger charge is -2.20. The predicted octanol–water partition coefficient (Wildman–Crippen LogP) is 0.356. The van der Waals surface area contributed by atoms with E-state index in [0.29, 0.717) is 12.2 Å². The summed E-state index contributed by atoms with van der Waals surface area (Å²) in [7, 11) is 0. The molecule has 0 aliphatic heterocycles. The average Bonchev–Trinajstić information content (AvgIpc) is 2.38. The number of rotatable bonds is 6. The van der Waals surface area contributed by atoms with Gasteiger partial charge in [-0.2, -0.15) is 0 Å². The lowest BCUT2D eigenvalue weighted by Crippen LogP contribution is -2.30. The van der Waals surface area contributed by atoms with E-state index in [-0.39, 0.29) is 24.7 Å². The van der Waals surface area contributed by atoms with E-state index in [2.05, 4.69) is 16.2 Å². The number of carbonyl (C=O) groups excluding carboxylic acids is 1. The van der Waals surface area contributed by atoms with Gasteiger partial charge in [-0.1, -0.05) is 5.92 Å². The van der Waals surface area contributed by atoms with Crippen molar-refractivity contribution in [2.24, 2.45) is 0 Å². The summed E-state index contributed by atoms with van der Waals surface area (Å²) in [6, 6.07) is 3.13. The molecule has 1 aromatic rings. The number of pyridine rings is 1. The predicted molar refractivity (Wildman–Crippen MR) is 70.9 cm³/mol. The van der Waals surface area contributed by atoms with Gasteiger partial charge in [0.05, 0.1) is 6.54 Å². The van der Waals surface area contributed by atoms with E-state index in [1.54, 1.807) is 13.0 Å². The summed E-state index contributed by atoms with van der Waals surface area (Å²) >= 11 is 0. The Morgan fingerprint density at radius 1 is 1.58 bits per heavy atom. The van der Waals surface area contributed by atoms with Crippen molar-refractivity contribution in [3.05, 3.63) is 24.0 Å². The largest absolute Gasteiger partial charge is 0.480 e. The summed E-state index contributed by atoms with van der Waals surface area (Å²) in [5, 5.41) is 11.5. The minimum atomic E-state index is -0.994. The molecule has 19 heavy (non-hydrogen) atoms. The van der Waals surface area contributed by atoms with Crippen molar-refractivity contribution in [2.75, 3.05) is 24.5 Å². The van der Waals surface area contributed by atoms with Gasteiger partial charge in [-0.05, 0) is 19.1 Å². The van der Waals surface area contributed by atoms with E-state index in [9.17, 15) is 9.59 Å². The van der Waals surface area contributed by atoms with Crippen molar-refractivity contribution < 1.29 is 14.7 Å². The van der Waals surface area contributed by atoms with Gasteiger partial charge >= 0.3 is 5.97 Å². The molecule has 1 heterocycles. The van der Waals surface area contributed by atoms with E-state index >= 15 is 0 Å². The van der Waals surface area contributed by atoms with Crippen LogP contribution in [0.5, 0.6) is 0 Å². The molecule has 0 saturated carbocycles. The molecule has 0 aliphatic rings. The van der Waals surface area contributed by atoms with Crippen LogP contribution < -0.4 is 10.2 Å². The topological polar surface area (TPSA) is 82.5 Å². The van der Waals surface area contributed by atoms with E-state index in [4.69, 9.17) is 11.5 Å². The van der Waals surface area contributed by atoms with Crippen molar-refractivity contribution in [3.63, 3.8) is 0 Å². The lowest BCUT2D eigenvalue weighted by molar-refractivity contribution is -0.135. The van der Waals surface area contributed by atoms with Crippen molar-refractivity contribution in [2.45, 2.75) is 6.92 Å². The van der Waals surface area contributed by atoms with Crippen molar-refractivity contribution >= 4 is 17.6 Å². The molecule has 0 atom stereocenters. The summed E-state index contributed by atoms with van der Waals surface area (Å²) in [5.41, 5.74) is 0.781. The second-order valence-corrected chi connectivity index (χ2v) is 3.71. The summed E-state index contributed by atoms with van der Waals surface area (Å²) < 4.78 is 0. The van der Waals surface area contributed by atoms with Crippen molar-refractivity contribution in [3.8, 4) is 12.3 Å². The molecular weight excluding hydrogens is 246 g/mol. The van der Waals surface area contributed by atoms with Crippen LogP contribution in [0.4, 0.5) is 5.69 Å². The highest BCUT2D eigenvalue weighted by molar-refractivity contribution is 5.93. The number of carboxylic acid groups (broad SMARTS) is 1. The molecule has 1 aromatic heterocycles. The average molecular weight is 261 g/mol. The van der Waals surface area contributed by atoms with Crippen molar-refractivity contribution in [1.82, 2.24) is 10.3 Å². The Bertz CT molecular complexity index is 508. The molecule has 0 bridgehead atoms. The van der Waals surface area contributed by atoms with E-state index in [1.807, 2.05) is 0 Å². The normalized spacial score (nSPS) is 9.47. The molecule has 100 valence electrons. The standard InChI is InChI=1S/C13H15N3O3/c1-3-7-16(9-12(17)18)10-5-6-15-11(8-10)13(19)14-4-2/h1,5-6,8H,4,7,9H2,2H3,(H,14,19)(H,17,18). The first-order chi connectivity index (χ1) is 9.08. The Hall–Kier alpha value is -2.55. The number of nitrogens with one attached hydrogen (secondary N) is 1. The van der Waals surface area contributed by atoms with Crippen LogP contribution in [0.15, 0.2) is 18.3 Å². The molecule has 0 saturated heterocycles. The third kappa shape index (κ3) is 4.32. The van der Waals surface area contributed by atoms with Gasteiger partial charge < -0.3 is 15.3 Å². The highest BCUT2D eigenvalue weighted by Crippen LogP contribution is 2.14. The summed E-state index contributed by atoms with van der Waals surface area (Å²) in [6.07, 6.45) is 6.66. The maximum atomic E-state index is 11.7. The maximum absolute atomic E-state index is 11.7. The summed E-state index contributed by atoms with van der Waals surface area (Å²) in [4.78, 5) is 27.8. The summed E-state index contributed by atoms with van der Waals surface area (Å²) in [6.45, 7) is 2.21. The second kappa shape index (κ2) is 7.01. The molecule has 1 amide bonds. The molecular formula is C13H15N3O3. The summed E-state index contributed by atoms with van der Waals surface area (Å²) in [5.74, 6) is 1.09. The van der Waals surface area contributed by atoms with Gasteiger partial charge in [0, 0.05) is 18.4 Å². The number of hydrogen-bond donors (Lipinski definition) is 2. The second-order valence-electron chi connectivity index (χ2n) is 3.71. The number of carboxylic acids is 1.